The van der Waals surface area contributed by atoms with E-state index in [9.17, 15) is 10.2 Å². The van der Waals surface area contributed by atoms with Crippen LogP contribution in [0.5, 0.6) is 0 Å². The minimum Gasteiger partial charge on any atom is -1.00 e. The van der Waals surface area contributed by atoms with Crippen LogP contribution in [-0.2, 0) is 19.4 Å². The van der Waals surface area contributed by atoms with Gasteiger partial charge in [-0.25, -0.2) is 0 Å². The molecule has 1 heterocycles. The van der Waals surface area contributed by atoms with Crippen molar-refractivity contribution in [1.29, 1.82) is 0 Å². The molecule has 3 rings (SSSR count). The summed E-state index contributed by atoms with van der Waals surface area (Å²) in [5, 5.41) is 24.4. The summed E-state index contributed by atoms with van der Waals surface area (Å²) < 4.78 is 2.33. The maximum atomic E-state index is 10.5. The summed E-state index contributed by atoms with van der Waals surface area (Å²) in [5.41, 5.74) is 5.45. The zero-order valence-corrected chi connectivity index (χ0v) is 16.0. The van der Waals surface area contributed by atoms with Gasteiger partial charge in [-0.3, -0.25) is 0 Å². The summed E-state index contributed by atoms with van der Waals surface area (Å²) in [6.07, 6.45) is 5.17. The fourth-order valence-corrected chi connectivity index (χ4v) is 3.87. The SMILES string of the molecule is CCC(CO)NCC(O)Cn1c2c(c3cc(C)ccc31)CCCC2.[Cl-]. The summed E-state index contributed by atoms with van der Waals surface area (Å²) >= 11 is 0. The number of aliphatic hydroxyl groups excluding tert-OH is 2. The van der Waals surface area contributed by atoms with Crippen LogP contribution in [0.15, 0.2) is 18.2 Å². The second-order valence-corrected chi connectivity index (χ2v) is 7.11. The molecule has 25 heavy (non-hydrogen) atoms. The standard InChI is InChI=1S/C20H30N2O2.ClH/c1-3-15(13-23)21-11-16(24)12-22-19-7-5-4-6-17(19)18-10-14(2)8-9-20(18)22;/h8-10,15-16,21,23-24H,3-7,11-13H2,1-2H3;1H/p-1. The molecule has 0 amide bonds. The third kappa shape index (κ3) is 4.37. The van der Waals surface area contributed by atoms with E-state index >= 15 is 0 Å². The highest BCUT2D eigenvalue weighted by molar-refractivity contribution is 5.86. The fourth-order valence-electron chi connectivity index (χ4n) is 3.87. The maximum absolute atomic E-state index is 10.5. The molecule has 0 fully saturated rings. The van der Waals surface area contributed by atoms with Crippen molar-refractivity contribution in [2.24, 2.45) is 0 Å². The molecule has 1 aliphatic rings. The second kappa shape index (κ2) is 9.04. The van der Waals surface area contributed by atoms with E-state index in [-0.39, 0.29) is 25.1 Å². The number of rotatable bonds is 7. The predicted octanol–water partition coefficient (Wildman–Crippen LogP) is -0.446. The van der Waals surface area contributed by atoms with Crippen molar-refractivity contribution in [3.8, 4) is 0 Å². The normalized spacial score (nSPS) is 16.3. The van der Waals surface area contributed by atoms with Crippen molar-refractivity contribution in [2.45, 2.75) is 64.6 Å². The Morgan fingerprint density at radius 3 is 2.72 bits per heavy atom. The Morgan fingerprint density at radius 2 is 2.00 bits per heavy atom. The molecule has 2 atom stereocenters. The highest BCUT2D eigenvalue weighted by Gasteiger charge is 2.21. The van der Waals surface area contributed by atoms with Crippen LogP contribution in [0.2, 0.25) is 0 Å². The van der Waals surface area contributed by atoms with Gasteiger partial charge < -0.3 is 32.5 Å². The van der Waals surface area contributed by atoms with Crippen molar-refractivity contribution >= 4 is 10.9 Å². The molecule has 0 radical (unpaired) electrons. The van der Waals surface area contributed by atoms with Gasteiger partial charge in [-0.2, -0.15) is 0 Å². The zero-order chi connectivity index (χ0) is 17.1. The molecule has 0 saturated carbocycles. The molecule has 140 valence electrons. The number of halogens is 1. The third-order valence-corrected chi connectivity index (χ3v) is 5.28. The van der Waals surface area contributed by atoms with Crippen LogP contribution in [-0.4, -0.2) is 40.1 Å². The van der Waals surface area contributed by atoms with Crippen LogP contribution in [0, 0.1) is 6.92 Å². The Hall–Kier alpha value is -1.07. The molecular weight excluding hydrogens is 336 g/mol. The van der Waals surface area contributed by atoms with Gasteiger partial charge in [-0.1, -0.05) is 18.6 Å². The first-order chi connectivity index (χ1) is 11.6. The van der Waals surface area contributed by atoms with Crippen LogP contribution in [0.25, 0.3) is 10.9 Å². The minimum absolute atomic E-state index is 0. The number of hydrogen-bond acceptors (Lipinski definition) is 3. The van der Waals surface area contributed by atoms with E-state index in [0.29, 0.717) is 13.1 Å². The van der Waals surface area contributed by atoms with Crippen LogP contribution < -0.4 is 17.7 Å². The van der Waals surface area contributed by atoms with Crippen LogP contribution in [0.3, 0.4) is 0 Å². The van der Waals surface area contributed by atoms with Gasteiger partial charge in [0.05, 0.1) is 19.3 Å². The summed E-state index contributed by atoms with van der Waals surface area (Å²) in [6.45, 7) is 5.43. The number of nitrogens with zero attached hydrogens (tertiary/aromatic N) is 1. The van der Waals surface area contributed by atoms with E-state index < -0.39 is 6.10 Å². The van der Waals surface area contributed by atoms with E-state index in [4.69, 9.17) is 0 Å². The Kier molecular flexibility index (Phi) is 7.32. The molecule has 4 nitrogen and oxygen atoms in total. The topological polar surface area (TPSA) is 57.4 Å². The summed E-state index contributed by atoms with van der Waals surface area (Å²) in [5.74, 6) is 0. The van der Waals surface area contributed by atoms with Gasteiger partial charge in [0.1, 0.15) is 0 Å². The number of nitrogens with one attached hydrogen (secondary N) is 1. The number of aliphatic hydroxyl groups is 2. The van der Waals surface area contributed by atoms with Crippen LogP contribution in [0.1, 0.15) is 43.0 Å². The van der Waals surface area contributed by atoms with Crippen molar-refractivity contribution < 1.29 is 22.6 Å². The van der Waals surface area contributed by atoms with Gasteiger partial charge >= 0.3 is 0 Å². The summed E-state index contributed by atoms with van der Waals surface area (Å²) in [6, 6.07) is 6.72. The molecule has 3 N–H and O–H groups in total. The lowest BCUT2D eigenvalue weighted by atomic mass is 9.95. The summed E-state index contributed by atoms with van der Waals surface area (Å²) in [7, 11) is 0. The molecule has 2 unspecified atom stereocenters. The quantitative estimate of drug-likeness (QED) is 0.623. The van der Waals surface area contributed by atoms with E-state index in [2.05, 4.69) is 35.0 Å². The van der Waals surface area contributed by atoms with E-state index in [1.807, 2.05) is 6.92 Å². The average Bonchev–Trinajstić information content (AvgIpc) is 2.89. The van der Waals surface area contributed by atoms with Crippen molar-refractivity contribution in [2.75, 3.05) is 13.2 Å². The zero-order valence-electron chi connectivity index (χ0n) is 15.3. The van der Waals surface area contributed by atoms with Gasteiger partial charge in [-0.15, -0.1) is 0 Å². The smallest absolute Gasteiger partial charge is 0.0843 e. The number of aryl methyl sites for hydroxylation is 2. The third-order valence-electron chi connectivity index (χ3n) is 5.28. The molecule has 2 aromatic rings. The van der Waals surface area contributed by atoms with Gasteiger partial charge in [0, 0.05) is 29.2 Å². The first-order valence-corrected chi connectivity index (χ1v) is 9.27. The van der Waals surface area contributed by atoms with Crippen molar-refractivity contribution in [1.82, 2.24) is 9.88 Å². The highest BCUT2D eigenvalue weighted by atomic mass is 35.5. The Balaban J connectivity index is 0.00000225. The molecule has 0 spiro atoms. The Labute approximate surface area is 156 Å². The fraction of sp³-hybridized carbons (Fsp3) is 0.600. The van der Waals surface area contributed by atoms with Crippen LogP contribution in [0.4, 0.5) is 0 Å². The van der Waals surface area contributed by atoms with Crippen LogP contribution >= 0.6 is 0 Å². The lowest BCUT2D eigenvalue weighted by Gasteiger charge is -2.21. The molecular formula is C20H30ClN2O2-. The number of aromatic nitrogens is 1. The van der Waals surface area contributed by atoms with Crippen molar-refractivity contribution in [3.63, 3.8) is 0 Å². The largest absolute Gasteiger partial charge is 1.00 e. The lowest BCUT2D eigenvalue weighted by molar-refractivity contribution is -0.00000833. The lowest BCUT2D eigenvalue weighted by Crippen LogP contribution is -3.00. The van der Waals surface area contributed by atoms with Gasteiger partial charge in [0.15, 0.2) is 0 Å². The van der Waals surface area contributed by atoms with E-state index in [1.165, 1.54) is 40.6 Å². The molecule has 0 aliphatic heterocycles. The molecule has 1 aliphatic carbocycles. The van der Waals surface area contributed by atoms with Gasteiger partial charge in [0.2, 0.25) is 0 Å². The first kappa shape index (κ1) is 20.2. The molecule has 0 saturated heterocycles. The van der Waals surface area contributed by atoms with Gasteiger partial charge in [0.25, 0.3) is 0 Å². The Bertz CT molecular complexity index is 695. The highest BCUT2D eigenvalue weighted by Crippen LogP contribution is 2.33. The van der Waals surface area contributed by atoms with E-state index in [1.54, 1.807) is 0 Å². The monoisotopic (exact) mass is 365 g/mol. The molecule has 1 aromatic carbocycles. The summed E-state index contributed by atoms with van der Waals surface area (Å²) in [4.78, 5) is 0. The van der Waals surface area contributed by atoms with Crippen molar-refractivity contribution in [3.05, 3.63) is 35.0 Å². The predicted molar refractivity (Wildman–Crippen MR) is 98.5 cm³/mol. The van der Waals surface area contributed by atoms with E-state index in [0.717, 1.165) is 19.3 Å². The molecule has 0 bridgehead atoms. The minimum atomic E-state index is -0.450. The first-order valence-electron chi connectivity index (χ1n) is 9.27. The average molecular weight is 366 g/mol. The number of benzene rings is 1. The Morgan fingerprint density at radius 1 is 1.24 bits per heavy atom. The second-order valence-electron chi connectivity index (χ2n) is 7.11. The number of fused-ring (bicyclic) bond motifs is 3. The van der Waals surface area contributed by atoms with Gasteiger partial charge in [-0.05, 0) is 56.7 Å². The maximum Gasteiger partial charge on any atom is 0.0843 e. The molecule has 1 aromatic heterocycles. The number of hydrogen-bond donors (Lipinski definition) is 3. The molecule has 5 heteroatoms.